The van der Waals surface area contributed by atoms with Crippen LogP contribution in [0.25, 0.3) is 0 Å². The molecule has 0 saturated heterocycles. The Labute approximate surface area is 95.4 Å². The van der Waals surface area contributed by atoms with Crippen molar-refractivity contribution in [1.29, 1.82) is 0 Å². The highest BCUT2D eigenvalue weighted by atomic mass is 16.5. The summed E-state index contributed by atoms with van der Waals surface area (Å²) in [5.41, 5.74) is 2.08. The summed E-state index contributed by atoms with van der Waals surface area (Å²) < 4.78 is 4.71. The van der Waals surface area contributed by atoms with Gasteiger partial charge in [0.1, 0.15) is 12.2 Å². The van der Waals surface area contributed by atoms with Crippen molar-refractivity contribution in [3.8, 4) is 0 Å². The lowest BCUT2D eigenvalue weighted by molar-refractivity contribution is -0.145. The number of aryl methyl sites for hydroxylation is 1. The van der Waals surface area contributed by atoms with Crippen LogP contribution in [-0.4, -0.2) is 18.4 Å². The maximum atomic E-state index is 11.5. The average molecular weight is 220 g/mol. The zero-order valence-corrected chi connectivity index (χ0v) is 9.66. The summed E-state index contributed by atoms with van der Waals surface area (Å²) in [6.45, 7) is 4.03. The molecule has 0 aromatic heterocycles. The minimum atomic E-state index is -0.445. The molecule has 1 aromatic rings. The van der Waals surface area contributed by atoms with Crippen LogP contribution in [0.2, 0.25) is 0 Å². The molecule has 3 nitrogen and oxygen atoms in total. The van der Waals surface area contributed by atoms with Crippen LogP contribution in [0, 0.1) is 6.92 Å². The van der Waals surface area contributed by atoms with Gasteiger partial charge in [0.15, 0.2) is 0 Å². The second-order valence-corrected chi connectivity index (χ2v) is 3.68. The Morgan fingerprint density at radius 1 is 1.19 bits per heavy atom. The largest absolute Gasteiger partial charge is 0.466 e. The highest BCUT2D eigenvalue weighted by Crippen LogP contribution is 2.05. The van der Waals surface area contributed by atoms with E-state index in [2.05, 4.69) is 0 Å². The first-order chi connectivity index (χ1) is 7.61. The van der Waals surface area contributed by atoms with Gasteiger partial charge >= 0.3 is 5.97 Å². The summed E-state index contributed by atoms with van der Waals surface area (Å²) >= 11 is 0. The predicted molar refractivity (Wildman–Crippen MR) is 61.1 cm³/mol. The summed E-state index contributed by atoms with van der Waals surface area (Å²) in [5.74, 6) is -0.554. The van der Waals surface area contributed by atoms with E-state index in [1.807, 2.05) is 31.2 Å². The quantitative estimate of drug-likeness (QED) is 0.563. The second-order valence-electron chi connectivity index (χ2n) is 3.68. The average Bonchev–Trinajstić information content (AvgIpc) is 2.21. The van der Waals surface area contributed by atoms with Crippen LogP contribution in [0.1, 0.15) is 24.5 Å². The van der Waals surface area contributed by atoms with E-state index in [0.29, 0.717) is 13.0 Å². The zero-order chi connectivity index (χ0) is 12.0. The first-order valence-corrected chi connectivity index (χ1v) is 5.34. The molecule has 0 atom stereocenters. The fourth-order valence-electron chi connectivity index (χ4n) is 1.37. The molecule has 0 heterocycles. The number of carbonyl (C=O) groups excluding carboxylic acids is 2. The van der Waals surface area contributed by atoms with E-state index in [4.69, 9.17) is 4.74 Å². The summed E-state index contributed by atoms with van der Waals surface area (Å²) in [7, 11) is 0. The normalized spacial score (nSPS) is 9.88. The van der Waals surface area contributed by atoms with Gasteiger partial charge in [-0.3, -0.25) is 9.59 Å². The van der Waals surface area contributed by atoms with E-state index in [1.165, 1.54) is 0 Å². The maximum absolute atomic E-state index is 11.5. The number of carbonyl (C=O) groups is 2. The topological polar surface area (TPSA) is 43.4 Å². The third-order valence-corrected chi connectivity index (χ3v) is 2.17. The van der Waals surface area contributed by atoms with Crippen molar-refractivity contribution in [1.82, 2.24) is 0 Å². The van der Waals surface area contributed by atoms with E-state index < -0.39 is 5.97 Å². The Hall–Kier alpha value is -1.64. The first kappa shape index (κ1) is 12.4. The van der Waals surface area contributed by atoms with Gasteiger partial charge in [0.25, 0.3) is 0 Å². The van der Waals surface area contributed by atoms with Gasteiger partial charge in [-0.15, -0.1) is 0 Å². The van der Waals surface area contributed by atoms with Crippen molar-refractivity contribution in [3.05, 3.63) is 35.4 Å². The summed E-state index contributed by atoms with van der Waals surface area (Å²) in [4.78, 5) is 22.5. The monoisotopic (exact) mass is 220 g/mol. The Morgan fingerprint density at radius 3 is 2.38 bits per heavy atom. The molecule has 0 saturated carbocycles. The van der Waals surface area contributed by atoms with Gasteiger partial charge in [-0.1, -0.05) is 29.8 Å². The lowest BCUT2D eigenvalue weighted by Gasteiger charge is -2.02. The smallest absolute Gasteiger partial charge is 0.313 e. The molecule has 0 unspecified atom stereocenters. The van der Waals surface area contributed by atoms with Gasteiger partial charge in [0, 0.05) is 6.42 Å². The lowest BCUT2D eigenvalue weighted by atomic mass is 10.1. The molecule has 1 rings (SSSR count). The van der Waals surface area contributed by atoms with Crippen LogP contribution in [0.15, 0.2) is 24.3 Å². The van der Waals surface area contributed by atoms with Gasteiger partial charge in [0.05, 0.1) is 6.61 Å². The number of hydrogen-bond donors (Lipinski definition) is 0. The van der Waals surface area contributed by atoms with Crippen LogP contribution in [0.3, 0.4) is 0 Å². The van der Waals surface area contributed by atoms with E-state index in [1.54, 1.807) is 6.92 Å². The van der Waals surface area contributed by atoms with E-state index in [9.17, 15) is 9.59 Å². The van der Waals surface area contributed by atoms with Crippen LogP contribution in [-0.2, 0) is 20.7 Å². The molecule has 0 aliphatic heterocycles. The fourth-order valence-corrected chi connectivity index (χ4v) is 1.37. The number of ether oxygens (including phenoxy) is 1. The molecule has 0 aliphatic rings. The van der Waals surface area contributed by atoms with Crippen LogP contribution >= 0.6 is 0 Å². The molecular formula is C13H16O3. The number of hydrogen-bond acceptors (Lipinski definition) is 3. The Morgan fingerprint density at radius 2 is 1.81 bits per heavy atom. The highest BCUT2D eigenvalue weighted by Gasteiger charge is 2.10. The van der Waals surface area contributed by atoms with Crippen molar-refractivity contribution in [2.24, 2.45) is 0 Å². The van der Waals surface area contributed by atoms with E-state index >= 15 is 0 Å². The molecular weight excluding hydrogens is 204 g/mol. The second kappa shape index (κ2) is 6.05. The molecule has 16 heavy (non-hydrogen) atoms. The summed E-state index contributed by atoms with van der Waals surface area (Å²) in [5, 5.41) is 0. The molecule has 1 aromatic carbocycles. The number of Topliss-reactive ketones (excluding diaryl/α,β-unsaturated/α-hetero) is 1. The van der Waals surface area contributed by atoms with Crippen LogP contribution in [0.4, 0.5) is 0 Å². The van der Waals surface area contributed by atoms with Crippen molar-refractivity contribution in [3.63, 3.8) is 0 Å². The highest BCUT2D eigenvalue weighted by molar-refractivity contribution is 5.96. The molecule has 3 heteroatoms. The van der Waals surface area contributed by atoms with Gasteiger partial charge in [-0.2, -0.15) is 0 Å². The molecule has 0 N–H and O–H groups in total. The van der Waals surface area contributed by atoms with Crippen molar-refractivity contribution in [2.45, 2.75) is 26.7 Å². The van der Waals surface area contributed by atoms with Crippen molar-refractivity contribution >= 4 is 11.8 Å². The number of benzene rings is 1. The molecule has 0 amide bonds. The van der Waals surface area contributed by atoms with Crippen molar-refractivity contribution < 1.29 is 14.3 Å². The molecule has 0 aliphatic carbocycles. The molecule has 0 radical (unpaired) electrons. The number of esters is 1. The van der Waals surface area contributed by atoms with Gasteiger partial charge in [0.2, 0.25) is 0 Å². The molecule has 0 spiro atoms. The lowest BCUT2D eigenvalue weighted by Crippen LogP contribution is -2.12. The molecule has 0 bridgehead atoms. The third kappa shape index (κ3) is 4.26. The summed E-state index contributed by atoms with van der Waals surface area (Å²) in [6, 6.07) is 7.71. The Kier molecular flexibility index (Phi) is 4.70. The Bertz CT molecular complexity index is 365. The third-order valence-electron chi connectivity index (χ3n) is 2.17. The van der Waals surface area contributed by atoms with Gasteiger partial charge in [-0.25, -0.2) is 0 Å². The fraction of sp³-hybridized carbons (Fsp3) is 0.385. The van der Waals surface area contributed by atoms with Crippen molar-refractivity contribution in [2.75, 3.05) is 6.61 Å². The van der Waals surface area contributed by atoms with Gasteiger partial charge in [-0.05, 0) is 19.4 Å². The van der Waals surface area contributed by atoms with Crippen LogP contribution in [0.5, 0.6) is 0 Å². The predicted octanol–water partition coefficient (Wildman–Crippen LogP) is 2.06. The first-order valence-electron chi connectivity index (χ1n) is 5.34. The van der Waals surface area contributed by atoms with E-state index in [0.717, 1.165) is 11.1 Å². The van der Waals surface area contributed by atoms with Crippen LogP contribution < -0.4 is 0 Å². The summed E-state index contributed by atoms with van der Waals surface area (Å²) in [6.07, 6.45) is 0.154. The molecule has 86 valence electrons. The SMILES string of the molecule is CCOC(=O)CC(=O)Cc1ccc(C)cc1. The number of ketones is 1. The maximum Gasteiger partial charge on any atom is 0.313 e. The standard InChI is InChI=1S/C13H16O3/c1-3-16-13(15)9-12(14)8-11-6-4-10(2)5-7-11/h4-7H,3,8-9H2,1-2H3. The zero-order valence-electron chi connectivity index (χ0n) is 9.66. The Balaban J connectivity index is 2.45. The van der Waals surface area contributed by atoms with E-state index in [-0.39, 0.29) is 12.2 Å². The minimum Gasteiger partial charge on any atom is -0.466 e. The minimum absolute atomic E-state index is 0.109. The van der Waals surface area contributed by atoms with Gasteiger partial charge < -0.3 is 4.74 Å². The molecule has 0 fully saturated rings. The number of rotatable bonds is 5.